The largest absolute Gasteiger partial charge is 0.294 e. The highest BCUT2D eigenvalue weighted by atomic mass is 32.1. The molecule has 3 rings (SSSR count). The molecular formula is C20H22N2OS. The summed E-state index contributed by atoms with van der Waals surface area (Å²) >= 11 is 1.59. The van der Waals surface area contributed by atoms with Crippen LogP contribution in [0.3, 0.4) is 0 Å². The van der Waals surface area contributed by atoms with Gasteiger partial charge in [0.1, 0.15) is 0 Å². The number of fused-ring (bicyclic) bond motifs is 1. The van der Waals surface area contributed by atoms with Crippen molar-refractivity contribution < 1.29 is 4.79 Å². The van der Waals surface area contributed by atoms with Crippen LogP contribution in [0.4, 0.5) is 0 Å². The molecule has 124 valence electrons. The molecular weight excluding hydrogens is 316 g/mol. The first-order valence-corrected chi connectivity index (χ1v) is 9.22. The molecule has 0 aliphatic rings. The van der Waals surface area contributed by atoms with E-state index in [0.717, 1.165) is 47.8 Å². The second-order valence-electron chi connectivity index (χ2n) is 6.24. The van der Waals surface area contributed by atoms with Gasteiger partial charge in [0.2, 0.25) is 0 Å². The number of aryl methyl sites for hydroxylation is 3. The summed E-state index contributed by atoms with van der Waals surface area (Å²) in [5.74, 6) is 0.227. The van der Waals surface area contributed by atoms with E-state index < -0.39 is 0 Å². The molecule has 0 aliphatic heterocycles. The van der Waals surface area contributed by atoms with Gasteiger partial charge in [-0.05, 0) is 62.3 Å². The van der Waals surface area contributed by atoms with Gasteiger partial charge in [-0.1, -0.05) is 24.6 Å². The van der Waals surface area contributed by atoms with E-state index in [9.17, 15) is 4.79 Å². The third-order valence-corrected chi connectivity index (χ3v) is 5.26. The monoisotopic (exact) mass is 338 g/mol. The predicted octanol–water partition coefficient (Wildman–Crippen LogP) is 5.29. The Labute approximate surface area is 146 Å². The lowest BCUT2D eigenvalue weighted by Gasteiger charge is -2.07. The number of aromatic nitrogens is 2. The summed E-state index contributed by atoms with van der Waals surface area (Å²) < 4.78 is 4.21. The van der Waals surface area contributed by atoms with Crippen LogP contribution in [-0.4, -0.2) is 15.1 Å². The van der Waals surface area contributed by atoms with Gasteiger partial charge in [0.25, 0.3) is 0 Å². The van der Waals surface area contributed by atoms with Crippen LogP contribution < -0.4 is 0 Å². The number of nitrogens with zero attached hydrogens (tertiary/aromatic N) is 2. The van der Waals surface area contributed by atoms with E-state index in [-0.39, 0.29) is 5.78 Å². The molecule has 3 aromatic rings. The van der Waals surface area contributed by atoms with Crippen molar-refractivity contribution in [2.45, 2.75) is 46.0 Å². The smallest absolute Gasteiger partial charge is 0.163 e. The summed E-state index contributed by atoms with van der Waals surface area (Å²) in [5, 5.41) is 0.966. The van der Waals surface area contributed by atoms with Crippen LogP contribution >= 0.6 is 11.5 Å². The standard InChI is InChI=1S/C20H22N2OS/c1-14-13-21-24-20(14)11-5-3-4-10-19(23)17-12-15(2)22-18-9-7-6-8-16(17)18/h6-9,12-13H,3-5,10-11H2,1-2H3. The third kappa shape index (κ3) is 3.88. The minimum Gasteiger partial charge on any atom is -0.294 e. The molecule has 0 N–H and O–H groups in total. The number of unbranched alkanes of at least 4 members (excludes halogenated alkanes) is 2. The number of hydrogen-bond donors (Lipinski definition) is 0. The van der Waals surface area contributed by atoms with E-state index in [4.69, 9.17) is 0 Å². The zero-order chi connectivity index (χ0) is 16.9. The quantitative estimate of drug-likeness (QED) is 0.434. The van der Waals surface area contributed by atoms with Gasteiger partial charge in [0.05, 0.1) is 5.52 Å². The van der Waals surface area contributed by atoms with Crippen molar-refractivity contribution in [1.82, 2.24) is 9.36 Å². The van der Waals surface area contributed by atoms with E-state index in [0.29, 0.717) is 6.42 Å². The molecule has 0 spiro atoms. The first-order chi connectivity index (χ1) is 11.6. The lowest BCUT2D eigenvalue weighted by Crippen LogP contribution is -2.02. The summed E-state index contributed by atoms with van der Waals surface area (Å²) in [6.07, 6.45) is 6.74. The van der Waals surface area contributed by atoms with Crippen LogP contribution in [0, 0.1) is 13.8 Å². The molecule has 0 atom stereocenters. The molecule has 0 amide bonds. The topological polar surface area (TPSA) is 42.9 Å². The highest BCUT2D eigenvalue weighted by Crippen LogP contribution is 2.21. The van der Waals surface area contributed by atoms with E-state index in [2.05, 4.69) is 16.3 Å². The summed E-state index contributed by atoms with van der Waals surface area (Å²) in [7, 11) is 0. The molecule has 0 aliphatic carbocycles. The van der Waals surface area contributed by atoms with Gasteiger partial charge in [0, 0.05) is 34.1 Å². The number of Topliss-reactive ketones (excluding diaryl/α,β-unsaturated/α-hetero) is 1. The van der Waals surface area contributed by atoms with Crippen LogP contribution in [0.2, 0.25) is 0 Å². The number of rotatable bonds is 7. The Bertz CT molecular complexity index is 854. The molecule has 0 saturated carbocycles. The minimum absolute atomic E-state index is 0.227. The maximum atomic E-state index is 12.6. The lowest BCUT2D eigenvalue weighted by atomic mass is 9.99. The lowest BCUT2D eigenvalue weighted by molar-refractivity contribution is 0.0980. The molecule has 0 fully saturated rings. The Morgan fingerprint density at radius 2 is 1.96 bits per heavy atom. The molecule has 0 radical (unpaired) electrons. The second kappa shape index (κ2) is 7.67. The fourth-order valence-corrected chi connectivity index (χ4v) is 3.75. The van der Waals surface area contributed by atoms with E-state index >= 15 is 0 Å². The number of pyridine rings is 1. The van der Waals surface area contributed by atoms with Gasteiger partial charge in [-0.15, -0.1) is 0 Å². The van der Waals surface area contributed by atoms with Crippen LogP contribution in [0.5, 0.6) is 0 Å². The fraction of sp³-hybridized carbons (Fsp3) is 0.350. The predicted molar refractivity (Wildman–Crippen MR) is 99.8 cm³/mol. The number of para-hydroxylation sites is 1. The maximum absolute atomic E-state index is 12.6. The Morgan fingerprint density at radius 1 is 1.12 bits per heavy atom. The van der Waals surface area contributed by atoms with E-state index in [1.165, 1.54) is 10.4 Å². The van der Waals surface area contributed by atoms with Crippen LogP contribution in [0.25, 0.3) is 10.9 Å². The molecule has 2 heterocycles. The molecule has 0 saturated heterocycles. The number of benzene rings is 1. The zero-order valence-electron chi connectivity index (χ0n) is 14.2. The van der Waals surface area contributed by atoms with Crippen molar-refractivity contribution in [2.75, 3.05) is 0 Å². The van der Waals surface area contributed by atoms with Crippen molar-refractivity contribution in [3.05, 3.63) is 58.2 Å². The average Bonchev–Trinajstić information content (AvgIpc) is 2.98. The van der Waals surface area contributed by atoms with Gasteiger partial charge < -0.3 is 0 Å². The number of ketones is 1. The fourth-order valence-electron chi connectivity index (χ4n) is 2.98. The van der Waals surface area contributed by atoms with Gasteiger partial charge in [0.15, 0.2) is 5.78 Å². The Hall–Kier alpha value is -2.07. The molecule has 1 aromatic carbocycles. The van der Waals surface area contributed by atoms with Crippen LogP contribution in [0.15, 0.2) is 36.5 Å². The van der Waals surface area contributed by atoms with Crippen molar-refractivity contribution in [3.8, 4) is 0 Å². The molecule has 4 heteroatoms. The van der Waals surface area contributed by atoms with Gasteiger partial charge in [-0.2, -0.15) is 0 Å². The number of carbonyl (C=O) groups excluding carboxylic acids is 1. The molecule has 24 heavy (non-hydrogen) atoms. The maximum Gasteiger partial charge on any atom is 0.163 e. The highest BCUT2D eigenvalue weighted by molar-refractivity contribution is 7.05. The first kappa shape index (κ1) is 16.8. The summed E-state index contributed by atoms with van der Waals surface area (Å²) in [6.45, 7) is 4.06. The summed E-state index contributed by atoms with van der Waals surface area (Å²) in [4.78, 5) is 18.5. The minimum atomic E-state index is 0.227. The highest BCUT2D eigenvalue weighted by Gasteiger charge is 2.11. The summed E-state index contributed by atoms with van der Waals surface area (Å²) in [6, 6.07) is 9.81. The van der Waals surface area contributed by atoms with E-state index in [1.54, 1.807) is 11.5 Å². The number of carbonyl (C=O) groups is 1. The molecule has 2 aromatic heterocycles. The van der Waals surface area contributed by atoms with Gasteiger partial charge in [-0.25, -0.2) is 4.37 Å². The normalized spacial score (nSPS) is 11.1. The second-order valence-corrected chi connectivity index (χ2v) is 7.13. The van der Waals surface area contributed by atoms with Crippen molar-refractivity contribution in [3.63, 3.8) is 0 Å². The average molecular weight is 338 g/mol. The Morgan fingerprint density at radius 3 is 2.75 bits per heavy atom. The molecule has 0 unspecified atom stereocenters. The van der Waals surface area contributed by atoms with Crippen molar-refractivity contribution >= 4 is 28.2 Å². The third-order valence-electron chi connectivity index (χ3n) is 4.30. The zero-order valence-corrected chi connectivity index (χ0v) is 15.0. The van der Waals surface area contributed by atoms with Gasteiger partial charge in [-0.3, -0.25) is 9.78 Å². The van der Waals surface area contributed by atoms with Crippen LogP contribution in [-0.2, 0) is 6.42 Å². The first-order valence-electron chi connectivity index (χ1n) is 8.45. The van der Waals surface area contributed by atoms with Crippen molar-refractivity contribution in [1.29, 1.82) is 0 Å². The summed E-state index contributed by atoms with van der Waals surface area (Å²) in [5.41, 5.74) is 3.91. The van der Waals surface area contributed by atoms with Crippen LogP contribution in [0.1, 0.15) is 52.2 Å². The number of hydrogen-bond acceptors (Lipinski definition) is 4. The SMILES string of the molecule is Cc1cc(C(=O)CCCCCc2sncc2C)c2ccccc2n1. The van der Waals surface area contributed by atoms with E-state index in [1.807, 2.05) is 43.5 Å². The molecule has 3 nitrogen and oxygen atoms in total. The van der Waals surface area contributed by atoms with Gasteiger partial charge >= 0.3 is 0 Å². The molecule has 0 bridgehead atoms. The Kier molecular flexibility index (Phi) is 5.36. The Balaban J connectivity index is 1.57. The van der Waals surface area contributed by atoms with Crippen molar-refractivity contribution in [2.24, 2.45) is 0 Å².